The third-order valence-electron chi connectivity index (χ3n) is 2.57. The Labute approximate surface area is 108 Å². The van der Waals surface area contributed by atoms with Gasteiger partial charge in [-0.1, -0.05) is 30.3 Å². The molecular formula is C14H13FO2S. The van der Waals surface area contributed by atoms with Gasteiger partial charge >= 0.3 is 0 Å². The molecule has 0 aliphatic carbocycles. The van der Waals surface area contributed by atoms with E-state index < -0.39 is 16.9 Å². The Morgan fingerprint density at radius 2 is 1.67 bits per heavy atom. The molecule has 18 heavy (non-hydrogen) atoms. The van der Waals surface area contributed by atoms with Crippen LogP contribution in [0, 0.1) is 5.82 Å². The second-order valence-corrected chi connectivity index (χ2v) is 5.39. The van der Waals surface area contributed by atoms with Crippen molar-refractivity contribution in [2.75, 3.05) is 5.75 Å². The van der Waals surface area contributed by atoms with E-state index in [-0.39, 0.29) is 11.6 Å². The van der Waals surface area contributed by atoms with E-state index in [2.05, 4.69) is 0 Å². The fraction of sp³-hybridized carbons (Fsp3) is 0.143. The Morgan fingerprint density at radius 3 is 2.28 bits per heavy atom. The van der Waals surface area contributed by atoms with Crippen molar-refractivity contribution < 1.29 is 13.7 Å². The molecule has 0 heterocycles. The molecule has 0 aromatic heterocycles. The first-order valence-corrected chi connectivity index (χ1v) is 6.85. The highest BCUT2D eigenvalue weighted by Gasteiger charge is 2.13. The maximum absolute atomic E-state index is 12.7. The summed E-state index contributed by atoms with van der Waals surface area (Å²) in [4.78, 5) is 0.520. The number of aliphatic hydroxyl groups is 1. The minimum absolute atomic E-state index is 0.107. The predicted octanol–water partition coefficient (Wildman–Crippen LogP) is 2.67. The van der Waals surface area contributed by atoms with Crippen LogP contribution in [-0.4, -0.2) is 15.1 Å². The molecule has 0 bridgehead atoms. The summed E-state index contributed by atoms with van der Waals surface area (Å²) in [6.07, 6.45) is -0.780. The van der Waals surface area contributed by atoms with Gasteiger partial charge in [0, 0.05) is 4.90 Å². The summed E-state index contributed by atoms with van der Waals surface area (Å²) in [5.41, 5.74) is 0.730. The summed E-state index contributed by atoms with van der Waals surface area (Å²) >= 11 is 0. The Kier molecular flexibility index (Phi) is 4.23. The average Bonchev–Trinajstić information content (AvgIpc) is 2.40. The highest BCUT2D eigenvalue weighted by molar-refractivity contribution is 7.85. The summed E-state index contributed by atoms with van der Waals surface area (Å²) in [7, 11) is -1.34. The van der Waals surface area contributed by atoms with Crippen molar-refractivity contribution in [3.63, 3.8) is 0 Å². The van der Waals surface area contributed by atoms with Gasteiger partial charge in [0.25, 0.3) is 0 Å². The predicted molar refractivity (Wildman–Crippen MR) is 69.1 cm³/mol. The summed E-state index contributed by atoms with van der Waals surface area (Å²) in [5, 5.41) is 9.94. The summed E-state index contributed by atoms with van der Waals surface area (Å²) in [6, 6.07) is 14.5. The molecule has 2 atom stereocenters. The standard InChI is InChI=1S/C14H13FO2S/c15-12-6-8-13(9-7-12)18(17)10-14(16)11-4-2-1-3-5-11/h1-9,14,16H,10H2. The molecule has 0 spiro atoms. The fourth-order valence-electron chi connectivity index (χ4n) is 1.60. The number of rotatable bonds is 4. The molecule has 0 saturated carbocycles. The van der Waals surface area contributed by atoms with Gasteiger partial charge in [-0.3, -0.25) is 4.21 Å². The van der Waals surface area contributed by atoms with E-state index in [4.69, 9.17) is 0 Å². The van der Waals surface area contributed by atoms with Gasteiger partial charge in [-0.15, -0.1) is 0 Å². The Hall–Kier alpha value is -1.52. The molecule has 2 rings (SSSR count). The molecule has 2 aromatic carbocycles. The number of halogens is 1. The number of hydrogen-bond donors (Lipinski definition) is 1. The van der Waals surface area contributed by atoms with Crippen molar-refractivity contribution in [2.45, 2.75) is 11.0 Å². The third-order valence-corrected chi connectivity index (χ3v) is 3.99. The molecular weight excluding hydrogens is 251 g/mol. The average molecular weight is 264 g/mol. The molecule has 0 aliphatic rings. The molecule has 0 aliphatic heterocycles. The summed E-state index contributed by atoms with van der Waals surface area (Å²) in [5.74, 6) is -0.255. The minimum atomic E-state index is -1.34. The van der Waals surface area contributed by atoms with Crippen LogP contribution in [0.2, 0.25) is 0 Å². The maximum Gasteiger partial charge on any atom is 0.123 e. The monoisotopic (exact) mass is 264 g/mol. The maximum atomic E-state index is 12.7. The van der Waals surface area contributed by atoms with Gasteiger partial charge < -0.3 is 5.11 Å². The van der Waals surface area contributed by atoms with E-state index in [1.165, 1.54) is 24.3 Å². The first-order chi connectivity index (χ1) is 8.66. The van der Waals surface area contributed by atoms with Crippen LogP contribution in [-0.2, 0) is 10.8 Å². The van der Waals surface area contributed by atoms with Crippen molar-refractivity contribution >= 4 is 10.8 Å². The molecule has 0 amide bonds. The van der Waals surface area contributed by atoms with Crippen LogP contribution in [0.1, 0.15) is 11.7 Å². The Bertz CT molecular complexity index is 525. The third kappa shape index (κ3) is 3.24. The topological polar surface area (TPSA) is 37.3 Å². The van der Waals surface area contributed by atoms with Gasteiger partial charge in [0.15, 0.2) is 0 Å². The van der Waals surface area contributed by atoms with Crippen molar-refractivity contribution in [2.24, 2.45) is 0 Å². The van der Waals surface area contributed by atoms with Crippen LogP contribution in [0.3, 0.4) is 0 Å². The first kappa shape index (κ1) is 12.9. The fourth-order valence-corrected chi connectivity index (χ4v) is 2.71. The summed E-state index contributed by atoms with van der Waals surface area (Å²) in [6.45, 7) is 0. The molecule has 2 unspecified atom stereocenters. The lowest BCUT2D eigenvalue weighted by Gasteiger charge is -2.10. The molecule has 1 N–H and O–H groups in total. The highest BCUT2D eigenvalue weighted by atomic mass is 32.2. The SMILES string of the molecule is O=S(CC(O)c1ccccc1)c1ccc(F)cc1. The molecule has 2 aromatic rings. The molecule has 0 saturated heterocycles. The largest absolute Gasteiger partial charge is 0.387 e. The van der Waals surface area contributed by atoms with Crippen LogP contribution in [0.25, 0.3) is 0 Å². The zero-order chi connectivity index (χ0) is 13.0. The molecule has 2 nitrogen and oxygen atoms in total. The minimum Gasteiger partial charge on any atom is -0.387 e. The van der Waals surface area contributed by atoms with Crippen LogP contribution < -0.4 is 0 Å². The van der Waals surface area contributed by atoms with Gasteiger partial charge in [0.1, 0.15) is 5.82 Å². The van der Waals surface area contributed by atoms with Gasteiger partial charge in [-0.2, -0.15) is 0 Å². The van der Waals surface area contributed by atoms with Gasteiger partial charge in [-0.25, -0.2) is 4.39 Å². The lowest BCUT2D eigenvalue weighted by atomic mass is 10.1. The van der Waals surface area contributed by atoms with Gasteiger partial charge in [0.2, 0.25) is 0 Å². The van der Waals surface area contributed by atoms with Gasteiger partial charge in [0.05, 0.1) is 22.7 Å². The Morgan fingerprint density at radius 1 is 1.06 bits per heavy atom. The van der Waals surface area contributed by atoms with Crippen molar-refractivity contribution in [1.29, 1.82) is 0 Å². The van der Waals surface area contributed by atoms with Crippen LogP contribution in [0.5, 0.6) is 0 Å². The zero-order valence-corrected chi connectivity index (χ0v) is 10.4. The second-order valence-electron chi connectivity index (χ2n) is 3.89. The van der Waals surface area contributed by atoms with Crippen molar-refractivity contribution in [3.05, 3.63) is 66.0 Å². The van der Waals surface area contributed by atoms with E-state index in [1.54, 1.807) is 12.1 Å². The highest BCUT2D eigenvalue weighted by Crippen LogP contribution is 2.17. The molecule has 4 heteroatoms. The normalized spacial score (nSPS) is 14.1. The van der Waals surface area contributed by atoms with Crippen molar-refractivity contribution in [3.8, 4) is 0 Å². The smallest absolute Gasteiger partial charge is 0.123 e. The lowest BCUT2D eigenvalue weighted by Crippen LogP contribution is -2.09. The van der Waals surface area contributed by atoms with E-state index in [9.17, 15) is 13.7 Å². The number of aliphatic hydroxyl groups excluding tert-OH is 1. The number of benzene rings is 2. The first-order valence-electron chi connectivity index (χ1n) is 5.54. The van der Waals surface area contributed by atoms with Crippen LogP contribution in [0.15, 0.2) is 59.5 Å². The molecule has 0 radical (unpaired) electrons. The quantitative estimate of drug-likeness (QED) is 0.921. The van der Waals surface area contributed by atoms with E-state index in [0.717, 1.165) is 5.56 Å². The van der Waals surface area contributed by atoms with Crippen LogP contribution in [0.4, 0.5) is 4.39 Å². The summed E-state index contributed by atoms with van der Waals surface area (Å²) < 4.78 is 24.7. The van der Waals surface area contributed by atoms with E-state index in [0.29, 0.717) is 4.90 Å². The molecule has 0 fully saturated rings. The van der Waals surface area contributed by atoms with E-state index >= 15 is 0 Å². The van der Waals surface area contributed by atoms with Crippen LogP contribution >= 0.6 is 0 Å². The Balaban J connectivity index is 2.06. The van der Waals surface area contributed by atoms with Gasteiger partial charge in [-0.05, 0) is 29.8 Å². The number of hydrogen-bond acceptors (Lipinski definition) is 2. The lowest BCUT2D eigenvalue weighted by molar-refractivity contribution is 0.203. The zero-order valence-electron chi connectivity index (χ0n) is 9.62. The second kappa shape index (κ2) is 5.89. The molecule has 94 valence electrons. The van der Waals surface area contributed by atoms with Crippen molar-refractivity contribution in [1.82, 2.24) is 0 Å². The van der Waals surface area contributed by atoms with E-state index in [1.807, 2.05) is 18.2 Å².